The van der Waals surface area contributed by atoms with Crippen molar-refractivity contribution in [3.63, 3.8) is 0 Å². The van der Waals surface area contributed by atoms with Gasteiger partial charge in [0.2, 0.25) is 5.91 Å². The highest BCUT2D eigenvalue weighted by atomic mass is 32.3. The van der Waals surface area contributed by atoms with Crippen molar-refractivity contribution in [1.29, 1.82) is 0 Å². The number of anilines is 2. The smallest absolute Gasteiger partial charge is 0.446 e. The summed E-state index contributed by atoms with van der Waals surface area (Å²) in [5, 5.41) is 11.7. The van der Waals surface area contributed by atoms with E-state index in [2.05, 4.69) is 9.50 Å². The summed E-state index contributed by atoms with van der Waals surface area (Å²) in [4.78, 5) is 10.8. The standard InChI is InChI=1S/C8H10N2O6S/c1-4(11)10-7-3-5(16-17(13,14)15)2-6(9)8(7)12/h2-3,12H,9H2,1H3,(H,10,11)(H,13,14,15). The number of amides is 1. The number of phenolic OH excluding ortho intramolecular Hbond substituents is 1. The van der Waals surface area contributed by atoms with Crippen molar-refractivity contribution in [1.82, 2.24) is 0 Å². The second-order valence-corrected chi connectivity index (χ2v) is 4.12. The predicted molar refractivity (Wildman–Crippen MR) is 59.0 cm³/mol. The van der Waals surface area contributed by atoms with Crippen LogP contribution in [0.3, 0.4) is 0 Å². The SMILES string of the molecule is CC(=O)Nc1cc(OS(=O)(=O)O)cc(N)c1O. The van der Waals surface area contributed by atoms with Crippen LogP contribution in [-0.4, -0.2) is 24.0 Å². The van der Waals surface area contributed by atoms with Gasteiger partial charge in [-0.1, -0.05) is 0 Å². The second kappa shape index (κ2) is 4.47. The van der Waals surface area contributed by atoms with Crippen LogP contribution in [0.2, 0.25) is 0 Å². The van der Waals surface area contributed by atoms with Crippen molar-refractivity contribution in [2.45, 2.75) is 6.92 Å². The highest BCUT2D eigenvalue weighted by molar-refractivity contribution is 7.81. The van der Waals surface area contributed by atoms with Crippen molar-refractivity contribution in [3.8, 4) is 11.5 Å². The second-order valence-electron chi connectivity index (χ2n) is 3.10. The van der Waals surface area contributed by atoms with E-state index >= 15 is 0 Å². The molecule has 0 fully saturated rings. The van der Waals surface area contributed by atoms with Gasteiger partial charge in [0.15, 0.2) is 5.75 Å². The van der Waals surface area contributed by atoms with Crippen LogP contribution in [0.1, 0.15) is 6.92 Å². The maximum Gasteiger partial charge on any atom is 0.446 e. The number of carbonyl (C=O) groups is 1. The summed E-state index contributed by atoms with van der Waals surface area (Å²) >= 11 is 0. The van der Waals surface area contributed by atoms with Crippen molar-refractivity contribution in [2.24, 2.45) is 0 Å². The lowest BCUT2D eigenvalue weighted by molar-refractivity contribution is -0.114. The van der Waals surface area contributed by atoms with Gasteiger partial charge in [-0.3, -0.25) is 9.35 Å². The van der Waals surface area contributed by atoms with Crippen molar-refractivity contribution >= 4 is 27.7 Å². The maximum absolute atomic E-state index is 10.8. The zero-order valence-corrected chi connectivity index (χ0v) is 9.48. The van der Waals surface area contributed by atoms with Gasteiger partial charge in [0.05, 0.1) is 11.4 Å². The van der Waals surface area contributed by atoms with E-state index in [0.717, 1.165) is 12.1 Å². The minimum Gasteiger partial charge on any atom is -0.504 e. The molecule has 5 N–H and O–H groups in total. The zero-order valence-electron chi connectivity index (χ0n) is 8.67. The third-order valence-corrected chi connectivity index (χ3v) is 2.03. The lowest BCUT2D eigenvalue weighted by Gasteiger charge is -2.10. The average molecular weight is 262 g/mol. The van der Waals surface area contributed by atoms with Crippen molar-refractivity contribution in [2.75, 3.05) is 11.1 Å². The molecule has 0 atom stereocenters. The number of nitrogen functional groups attached to an aromatic ring is 1. The zero-order chi connectivity index (χ0) is 13.2. The number of aromatic hydroxyl groups is 1. The Morgan fingerprint density at radius 2 is 2.06 bits per heavy atom. The quantitative estimate of drug-likeness (QED) is 0.344. The number of hydrogen-bond acceptors (Lipinski definition) is 6. The molecular formula is C8H10N2O6S. The summed E-state index contributed by atoms with van der Waals surface area (Å²) in [5.41, 5.74) is 5.02. The lowest BCUT2D eigenvalue weighted by atomic mass is 10.2. The van der Waals surface area contributed by atoms with Crippen LogP contribution < -0.4 is 15.2 Å². The molecule has 8 nitrogen and oxygen atoms in total. The number of carbonyl (C=O) groups excluding carboxylic acids is 1. The highest BCUT2D eigenvalue weighted by Crippen LogP contribution is 2.35. The molecule has 0 aromatic heterocycles. The van der Waals surface area contributed by atoms with Crippen LogP contribution in [-0.2, 0) is 15.2 Å². The number of benzene rings is 1. The molecule has 1 rings (SSSR count). The fourth-order valence-corrected chi connectivity index (χ4v) is 1.42. The van der Waals surface area contributed by atoms with E-state index in [0.29, 0.717) is 0 Å². The van der Waals surface area contributed by atoms with Crippen molar-refractivity contribution < 1.29 is 27.1 Å². The largest absolute Gasteiger partial charge is 0.504 e. The molecule has 0 aliphatic rings. The predicted octanol–water partition coefficient (Wildman–Crippen LogP) is 0.114. The molecule has 0 unspecified atom stereocenters. The molecule has 0 heterocycles. The van der Waals surface area contributed by atoms with E-state index < -0.39 is 22.1 Å². The maximum atomic E-state index is 10.8. The Kier molecular flexibility index (Phi) is 3.44. The van der Waals surface area contributed by atoms with Crippen LogP contribution in [0.5, 0.6) is 11.5 Å². The van der Waals surface area contributed by atoms with Crippen LogP contribution >= 0.6 is 0 Å². The van der Waals surface area contributed by atoms with Crippen LogP contribution in [0.15, 0.2) is 12.1 Å². The Bertz CT molecular complexity index is 553. The summed E-state index contributed by atoms with van der Waals surface area (Å²) in [6, 6.07) is 1.98. The Morgan fingerprint density at radius 3 is 2.53 bits per heavy atom. The van der Waals surface area contributed by atoms with E-state index in [1.54, 1.807) is 0 Å². The van der Waals surface area contributed by atoms with E-state index in [-0.39, 0.29) is 17.1 Å². The third-order valence-electron chi connectivity index (χ3n) is 1.63. The molecule has 0 spiro atoms. The normalized spacial score (nSPS) is 10.9. The van der Waals surface area contributed by atoms with Crippen LogP contribution in [0.4, 0.5) is 11.4 Å². The lowest BCUT2D eigenvalue weighted by Crippen LogP contribution is -2.09. The summed E-state index contributed by atoms with van der Waals surface area (Å²) in [7, 11) is -4.70. The fraction of sp³-hybridized carbons (Fsp3) is 0.125. The Balaban J connectivity index is 3.18. The molecule has 0 saturated heterocycles. The highest BCUT2D eigenvalue weighted by Gasteiger charge is 2.13. The number of rotatable bonds is 3. The molecule has 0 aliphatic heterocycles. The minimum absolute atomic E-state index is 0.129. The van der Waals surface area contributed by atoms with Gasteiger partial charge in [0.25, 0.3) is 0 Å². The molecule has 0 bridgehead atoms. The topological polar surface area (TPSA) is 139 Å². The van der Waals surface area contributed by atoms with Gasteiger partial charge < -0.3 is 20.3 Å². The average Bonchev–Trinajstić information content (AvgIpc) is 2.09. The first-order valence-corrected chi connectivity index (χ1v) is 5.62. The molecule has 9 heteroatoms. The first kappa shape index (κ1) is 13.1. The van der Waals surface area contributed by atoms with Gasteiger partial charge in [-0.05, 0) is 0 Å². The molecular weight excluding hydrogens is 252 g/mol. The van der Waals surface area contributed by atoms with Gasteiger partial charge >= 0.3 is 10.4 Å². The summed E-state index contributed by atoms with van der Waals surface area (Å²) in [6.07, 6.45) is 0. The molecule has 0 radical (unpaired) electrons. The Labute approximate surface area is 97.0 Å². The van der Waals surface area contributed by atoms with Gasteiger partial charge in [0.1, 0.15) is 5.75 Å². The van der Waals surface area contributed by atoms with Gasteiger partial charge in [-0.25, -0.2) is 0 Å². The molecule has 1 aromatic rings. The van der Waals surface area contributed by atoms with E-state index in [4.69, 9.17) is 10.3 Å². The number of nitrogens with two attached hydrogens (primary N) is 1. The molecule has 1 amide bonds. The van der Waals surface area contributed by atoms with Gasteiger partial charge in [-0.2, -0.15) is 8.42 Å². The summed E-state index contributed by atoms with van der Waals surface area (Å²) < 4.78 is 33.6. The molecule has 1 aromatic carbocycles. The Morgan fingerprint density at radius 1 is 1.47 bits per heavy atom. The van der Waals surface area contributed by atoms with Gasteiger partial charge in [0, 0.05) is 19.1 Å². The van der Waals surface area contributed by atoms with Crippen LogP contribution in [0, 0.1) is 0 Å². The first-order valence-electron chi connectivity index (χ1n) is 4.26. The number of hydrogen-bond donors (Lipinski definition) is 4. The molecule has 0 saturated carbocycles. The molecule has 94 valence electrons. The van der Waals surface area contributed by atoms with E-state index in [9.17, 15) is 18.3 Å². The Hall–Kier alpha value is -2.00. The van der Waals surface area contributed by atoms with E-state index in [1.807, 2.05) is 0 Å². The third kappa shape index (κ3) is 3.81. The summed E-state index contributed by atoms with van der Waals surface area (Å²) in [6.45, 7) is 1.19. The van der Waals surface area contributed by atoms with Gasteiger partial charge in [-0.15, -0.1) is 0 Å². The number of phenols is 1. The van der Waals surface area contributed by atoms with E-state index in [1.165, 1.54) is 6.92 Å². The first-order chi connectivity index (χ1) is 7.69. The monoisotopic (exact) mass is 262 g/mol. The molecule has 0 aliphatic carbocycles. The minimum atomic E-state index is -4.70. The number of nitrogens with one attached hydrogen (secondary N) is 1. The van der Waals surface area contributed by atoms with Crippen molar-refractivity contribution in [3.05, 3.63) is 12.1 Å². The fourth-order valence-electron chi connectivity index (χ4n) is 1.08. The molecule has 17 heavy (non-hydrogen) atoms. The van der Waals surface area contributed by atoms with Crippen LogP contribution in [0.25, 0.3) is 0 Å². The summed E-state index contributed by atoms with van der Waals surface area (Å²) in [5.74, 6) is -1.27.